The van der Waals surface area contributed by atoms with Crippen molar-refractivity contribution in [3.8, 4) is 0 Å². The predicted octanol–water partition coefficient (Wildman–Crippen LogP) is -2.38. The molecule has 0 aliphatic carbocycles. The van der Waals surface area contributed by atoms with Gasteiger partial charge in [0.2, 0.25) is 23.6 Å². The molecule has 1 heterocycles. The van der Waals surface area contributed by atoms with E-state index in [9.17, 15) is 33.9 Å². The molecule has 14 nitrogen and oxygen atoms in total. The van der Waals surface area contributed by atoms with Gasteiger partial charge in [-0.2, -0.15) is 0 Å². The Morgan fingerprint density at radius 1 is 0.914 bits per heavy atom. The molecule has 1 rings (SSSR count). The number of aliphatic carboxylic acids is 2. The van der Waals surface area contributed by atoms with E-state index in [1.807, 2.05) is 0 Å². The summed E-state index contributed by atoms with van der Waals surface area (Å²) < 4.78 is 0. The number of rotatable bonds is 16. The second-order valence-corrected chi connectivity index (χ2v) is 8.48. The van der Waals surface area contributed by atoms with Crippen LogP contribution >= 0.6 is 0 Å². The third-order valence-corrected chi connectivity index (χ3v) is 5.70. The summed E-state index contributed by atoms with van der Waals surface area (Å²) in [6.07, 6.45) is 1.07. The molecular weight excluding hydrogens is 464 g/mol. The lowest BCUT2D eigenvalue weighted by Crippen LogP contribution is -2.57. The molecule has 0 aromatic rings. The molecule has 35 heavy (non-hydrogen) atoms. The number of carboxylic acids is 2. The second kappa shape index (κ2) is 14.9. The molecule has 1 saturated heterocycles. The smallest absolute Gasteiger partial charge is 0.326 e. The van der Waals surface area contributed by atoms with E-state index in [2.05, 4.69) is 10.6 Å². The van der Waals surface area contributed by atoms with Crippen molar-refractivity contribution in [1.29, 1.82) is 0 Å². The quantitative estimate of drug-likeness (QED) is 0.111. The highest BCUT2D eigenvalue weighted by molar-refractivity contribution is 5.94. The van der Waals surface area contributed by atoms with Crippen LogP contribution in [0.25, 0.3) is 0 Å². The fraction of sp³-hybridized carbons (Fsp3) is 0.714. The van der Waals surface area contributed by atoms with Gasteiger partial charge in [0.1, 0.15) is 18.1 Å². The molecule has 0 spiro atoms. The van der Waals surface area contributed by atoms with Crippen LogP contribution in [0.2, 0.25) is 0 Å². The summed E-state index contributed by atoms with van der Waals surface area (Å²) in [5.74, 6) is -5.35. The number of hydrogen-bond donors (Lipinski definition) is 7. The summed E-state index contributed by atoms with van der Waals surface area (Å²) in [6, 6.07) is -4.63. The van der Waals surface area contributed by atoms with Crippen molar-refractivity contribution in [3.63, 3.8) is 0 Å². The van der Waals surface area contributed by atoms with Crippen molar-refractivity contribution >= 4 is 35.6 Å². The van der Waals surface area contributed by atoms with Gasteiger partial charge in [0, 0.05) is 19.4 Å². The standard InChI is InChI=1S/C21H36N6O8/c22-10-2-1-4-12(23)18(31)25-13(7-9-17(29)30)19(32)26-14(6-8-16(24)28)20(33)27-11-3-5-15(27)21(34)35/h12-15H,1-11,22-23H2,(H2,24,28)(H,25,31)(H,26,32)(H,29,30)(H,34,35). The molecule has 4 unspecified atom stereocenters. The van der Waals surface area contributed by atoms with Gasteiger partial charge in [-0.3, -0.25) is 24.0 Å². The van der Waals surface area contributed by atoms with Gasteiger partial charge in [0.15, 0.2) is 0 Å². The van der Waals surface area contributed by atoms with E-state index in [4.69, 9.17) is 22.3 Å². The fourth-order valence-electron chi connectivity index (χ4n) is 3.76. The molecular formula is C21H36N6O8. The van der Waals surface area contributed by atoms with Crippen LogP contribution in [-0.2, 0) is 28.8 Å². The Labute approximate surface area is 202 Å². The van der Waals surface area contributed by atoms with Crippen molar-refractivity contribution in [3.05, 3.63) is 0 Å². The highest BCUT2D eigenvalue weighted by Gasteiger charge is 2.38. The number of primary amides is 1. The van der Waals surface area contributed by atoms with Crippen molar-refractivity contribution in [2.24, 2.45) is 17.2 Å². The van der Waals surface area contributed by atoms with E-state index in [0.29, 0.717) is 32.2 Å². The van der Waals surface area contributed by atoms with Crippen LogP contribution in [-0.4, -0.2) is 87.9 Å². The number of carboxylic acid groups (broad SMARTS) is 2. The Balaban J connectivity index is 2.99. The first-order valence-corrected chi connectivity index (χ1v) is 11.6. The summed E-state index contributed by atoms with van der Waals surface area (Å²) >= 11 is 0. The molecule has 1 aliphatic heterocycles. The van der Waals surface area contributed by atoms with Crippen LogP contribution in [0, 0.1) is 0 Å². The van der Waals surface area contributed by atoms with Crippen molar-refractivity contribution < 1.29 is 39.0 Å². The second-order valence-electron chi connectivity index (χ2n) is 8.48. The lowest BCUT2D eigenvalue weighted by Gasteiger charge is -2.28. The Morgan fingerprint density at radius 3 is 2.11 bits per heavy atom. The maximum Gasteiger partial charge on any atom is 0.326 e. The first-order valence-electron chi connectivity index (χ1n) is 11.6. The number of hydrogen-bond acceptors (Lipinski definition) is 8. The average molecular weight is 501 g/mol. The zero-order valence-electron chi connectivity index (χ0n) is 19.6. The van der Waals surface area contributed by atoms with Gasteiger partial charge in [-0.25, -0.2) is 4.79 Å². The molecule has 4 atom stereocenters. The molecule has 0 radical (unpaired) electrons. The largest absolute Gasteiger partial charge is 0.481 e. The number of carbonyl (C=O) groups is 6. The van der Waals surface area contributed by atoms with Crippen molar-refractivity contribution in [1.82, 2.24) is 15.5 Å². The minimum Gasteiger partial charge on any atom is -0.481 e. The van der Waals surface area contributed by atoms with E-state index >= 15 is 0 Å². The van der Waals surface area contributed by atoms with Crippen molar-refractivity contribution in [2.45, 2.75) is 82.0 Å². The maximum absolute atomic E-state index is 13.1. The van der Waals surface area contributed by atoms with Crippen LogP contribution in [0.15, 0.2) is 0 Å². The maximum atomic E-state index is 13.1. The normalized spacial score (nSPS) is 17.8. The number of amides is 4. The van der Waals surface area contributed by atoms with Crippen LogP contribution in [0.3, 0.4) is 0 Å². The lowest BCUT2D eigenvalue weighted by atomic mass is 10.0. The van der Waals surface area contributed by atoms with Crippen LogP contribution < -0.4 is 27.8 Å². The Kier molecular flexibility index (Phi) is 12.7. The van der Waals surface area contributed by atoms with E-state index in [1.54, 1.807) is 0 Å². The molecule has 10 N–H and O–H groups in total. The first kappa shape index (κ1) is 29.8. The minimum absolute atomic E-state index is 0.162. The Morgan fingerprint density at radius 2 is 1.54 bits per heavy atom. The van der Waals surface area contributed by atoms with Gasteiger partial charge in [0.05, 0.1) is 6.04 Å². The summed E-state index contributed by atoms with van der Waals surface area (Å²) in [6.45, 7) is 0.591. The third-order valence-electron chi connectivity index (χ3n) is 5.70. The fourth-order valence-corrected chi connectivity index (χ4v) is 3.76. The highest BCUT2D eigenvalue weighted by atomic mass is 16.4. The third kappa shape index (κ3) is 10.3. The van der Waals surface area contributed by atoms with Crippen LogP contribution in [0.1, 0.15) is 57.8 Å². The molecule has 14 heteroatoms. The summed E-state index contributed by atoms with van der Waals surface area (Å²) in [5.41, 5.74) is 16.4. The number of nitrogens with zero attached hydrogens (tertiary/aromatic N) is 1. The molecule has 198 valence electrons. The number of likely N-dealkylation sites (tertiary alicyclic amines) is 1. The molecule has 0 saturated carbocycles. The number of carbonyl (C=O) groups excluding carboxylic acids is 4. The molecule has 1 fully saturated rings. The van der Waals surface area contributed by atoms with Crippen LogP contribution in [0.5, 0.6) is 0 Å². The summed E-state index contributed by atoms with van der Waals surface area (Å²) in [7, 11) is 0. The Bertz CT molecular complexity index is 792. The van der Waals surface area contributed by atoms with Gasteiger partial charge < -0.3 is 42.9 Å². The number of nitrogens with two attached hydrogens (primary N) is 3. The highest BCUT2D eigenvalue weighted by Crippen LogP contribution is 2.19. The van der Waals surface area contributed by atoms with E-state index in [0.717, 1.165) is 4.90 Å². The number of unbranched alkanes of at least 4 members (excludes halogenated alkanes) is 1. The molecule has 1 aliphatic rings. The topological polar surface area (TPSA) is 248 Å². The van der Waals surface area contributed by atoms with Crippen molar-refractivity contribution in [2.75, 3.05) is 13.1 Å². The minimum atomic E-state index is -1.32. The monoisotopic (exact) mass is 500 g/mol. The van der Waals surface area contributed by atoms with Gasteiger partial charge in [0.25, 0.3) is 0 Å². The van der Waals surface area contributed by atoms with Gasteiger partial charge >= 0.3 is 11.9 Å². The lowest BCUT2D eigenvalue weighted by molar-refractivity contribution is -0.149. The van der Waals surface area contributed by atoms with Crippen LogP contribution in [0.4, 0.5) is 0 Å². The van der Waals surface area contributed by atoms with Gasteiger partial charge in [-0.15, -0.1) is 0 Å². The molecule has 0 aromatic heterocycles. The summed E-state index contributed by atoms with van der Waals surface area (Å²) in [5, 5.41) is 23.3. The zero-order valence-corrected chi connectivity index (χ0v) is 19.6. The van der Waals surface area contributed by atoms with Gasteiger partial charge in [-0.05, 0) is 45.1 Å². The molecule has 0 bridgehead atoms. The number of nitrogens with one attached hydrogen (secondary N) is 2. The predicted molar refractivity (Wildman–Crippen MR) is 122 cm³/mol. The average Bonchev–Trinajstić information content (AvgIpc) is 3.28. The van der Waals surface area contributed by atoms with E-state index < -0.39 is 66.2 Å². The SMILES string of the molecule is NCCCCC(N)C(=O)NC(CCC(=O)O)C(=O)NC(CCC(N)=O)C(=O)N1CCCC1C(=O)O. The molecule has 0 aromatic carbocycles. The summed E-state index contributed by atoms with van der Waals surface area (Å²) in [4.78, 5) is 73.5. The zero-order chi connectivity index (χ0) is 26.5. The van der Waals surface area contributed by atoms with E-state index in [1.165, 1.54) is 0 Å². The molecule has 4 amide bonds. The van der Waals surface area contributed by atoms with E-state index in [-0.39, 0.29) is 32.2 Å². The van der Waals surface area contributed by atoms with Gasteiger partial charge in [-0.1, -0.05) is 6.42 Å². The first-order chi connectivity index (χ1) is 16.5. The Hall–Kier alpha value is -3.26.